The van der Waals surface area contributed by atoms with Gasteiger partial charge in [0.2, 0.25) is 11.8 Å². The molecule has 0 N–H and O–H groups in total. The van der Waals surface area contributed by atoms with Crippen LogP contribution in [0.4, 0.5) is 0 Å². The summed E-state index contributed by atoms with van der Waals surface area (Å²) in [6.45, 7) is 11.0. The number of hydrogen-bond donors (Lipinski definition) is 0. The molecule has 1 aromatic heterocycles. The molecule has 8 heteroatoms. The first kappa shape index (κ1) is 31.0. The number of ether oxygens (including phenoxy) is 3. The fraction of sp³-hybridized carbons (Fsp3) is 0.613. The Balaban J connectivity index is 1.73. The monoisotopic (exact) mass is 558 g/mol. The first-order valence-electron chi connectivity index (χ1n) is 14.0. The average Bonchev–Trinajstić information content (AvgIpc) is 3.59. The molecule has 0 saturated carbocycles. The molecule has 1 aliphatic rings. The fourth-order valence-electron chi connectivity index (χ4n) is 5.28. The summed E-state index contributed by atoms with van der Waals surface area (Å²) in [6.07, 6.45) is 3.98. The Morgan fingerprint density at radius 3 is 2.49 bits per heavy atom. The van der Waals surface area contributed by atoms with Crippen LogP contribution in [0.2, 0.25) is 0 Å². The van der Waals surface area contributed by atoms with Crippen LogP contribution in [0.3, 0.4) is 0 Å². The zero-order valence-corrected chi connectivity index (χ0v) is 25.4. The third-order valence-corrected chi connectivity index (χ3v) is 7.87. The van der Waals surface area contributed by atoms with Crippen molar-refractivity contribution in [3.63, 3.8) is 0 Å². The highest BCUT2D eigenvalue weighted by Gasteiger charge is 2.28. The van der Waals surface area contributed by atoms with Crippen LogP contribution < -0.4 is 9.47 Å². The smallest absolute Gasteiger partial charge is 0.242 e. The molecule has 1 aromatic carbocycles. The molecule has 1 aliphatic heterocycles. The molecule has 2 amide bonds. The molecule has 2 atom stereocenters. The van der Waals surface area contributed by atoms with Gasteiger partial charge in [-0.3, -0.25) is 9.59 Å². The topological polar surface area (TPSA) is 68.3 Å². The molecule has 2 aromatic rings. The number of thiophene rings is 1. The van der Waals surface area contributed by atoms with Crippen molar-refractivity contribution in [3.05, 3.63) is 46.2 Å². The lowest BCUT2D eigenvalue weighted by atomic mass is 9.84. The SMILES string of the molecule is COc1ccc(CCN(Cc2cccs2)C(=O)CN(CC2CCCO2)C(=O)CC(C)CC(C)(C)C)cc1OC. The Hall–Kier alpha value is -2.58. The van der Waals surface area contributed by atoms with Crippen molar-refractivity contribution in [2.24, 2.45) is 11.3 Å². The zero-order chi connectivity index (χ0) is 28.4. The molecular weight excluding hydrogens is 512 g/mol. The minimum absolute atomic E-state index is 0.00261. The van der Waals surface area contributed by atoms with E-state index < -0.39 is 0 Å². The largest absolute Gasteiger partial charge is 0.493 e. The average molecular weight is 559 g/mol. The number of carbonyl (C=O) groups excluding carboxylic acids is 2. The molecule has 1 fully saturated rings. The summed E-state index contributed by atoms with van der Waals surface area (Å²) in [5.74, 6) is 1.58. The summed E-state index contributed by atoms with van der Waals surface area (Å²) < 4.78 is 16.7. The number of benzene rings is 1. The van der Waals surface area contributed by atoms with Crippen LogP contribution in [0.1, 0.15) is 63.8 Å². The van der Waals surface area contributed by atoms with Gasteiger partial charge < -0.3 is 24.0 Å². The Bertz CT molecular complexity index is 1040. The van der Waals surface area contributed by atoms with Gasteiger partial charge in [-0.1, -0.05) is 39.8 Å². The molecule has 7 nitrogen and oxygen atoms in total. The van der Waals surface area contributed by atoms with E-state index >= 15 is 0 Å². The highest BCUT2D eigenvalue weighted by molar-refractivity contribution is 7.09. The number of rotatable bonds is 14. The van der Waals surface area contributed by atoms with E-state index in [1.807, 2.05) is 40.6 Å². The van der Waals surface area contributed by atoms with E-state index in [0.29, 0.717) is 44.0 Å². The van der Waals surface area contributed by atoms with Crippen molar-refractivity contribution >= 4 is 23.2 Å². The van der Waals surface area contributed by atoms with E-state index in [2.05, 4.69) is 27.7 Å². The number of amides is 2. The molecule has 0 aliphatic carbocycles. The van der Waals surface area contributed by atoms with Crippen molar-refractivity contribution < 1.29 is 23.8 Å². The van der Waals surface area contributed by atoms with Gasteiger partial charge in [0.25, 0.3) is 0 Å². The van der Waals surface area contributed by atoms with Gasteiger partial charge >= 0.3 is 0 Å². The maximum atomic E-state index is 13.8. The van der Waals surface area contributed by atoms with E-state index in [1.54, 1.807) is 30.5 Å². The third kappa shape index (κ3) is 10.2. The first-order chi connectivity index (χ1) is 18.6. The lowest BCUT2D eigenvalue weighted by Crippen LogP contribution is -2.46. The molecule has 216 valence electrons. The van der Waals surface area contributed by atoms with E-state index in [1.165, 1.54) is 0 Å². The van der Waals surface area contributed by atoms with Crippen molar-refractivity contribution in [2.75, 3.05) is 40.5 Å². The van der Waals surface area contributed by atoms with E-state index in [0.717, 1.165) is 36.3 Å². The molecule has 0 radical (unpaired) electrons. The van der Waals surface area contributed by atoms with Crippen LogP contribution in [-0.4, -0.2) is 68.2 Å². The Morgan fingerprint density at radius 2 is 1.87 bits per heavy atom. The van der Waals surface area contributed by atoms with Gasteiger partial charge in [-0.05, 0) is 66.2 Å². The van der Waals surface area contributed by atoms with Gasteiger partial charge in [0.05, 0.1) is 33.4 Å². The normalized spacial score (nSPS) is 16.1. The van der Waals surface area contributed by atoms with Crippen LogP contribution in [-0.2, 0) is 27.3 Å². The van der Waals surface area contributed by atoms with Gasteiger partial charge in [-0.15, -0.1) is 11.3 Å². The summed E-state index contributed by atoms with van der Waals surface area (Å²) in [7, 11) is 3.24. The van der Waals surface area contributed by atoms with Gasteiger partial charge in [0.1, 0.15) is 0 Å². The standard InChI is InChI=1S/C31H46N2O5S/c1-23(19-31(2,3)4)17-29(34)33(20-25-9-7-15-38-25)22-30(35)32(21-26-10-8-16-39-26)14-13-24-11-12-27(36-5)28(18-24)37-6/h8,10-12,16,18,23,25H,7,9,13-15,17,19-22H2,1-6H3. The molecule has 0 spiro atoms. The van der Waals surface area contributed by atoms with Gasteiger partial charge in [-0.2, -0.15) is 0 Å². The number of methoxy groups -OCH3 is 2. The number of carbonyl (C=O) groups is 2. The van der Waals surface area contributed by atoms with E-state index in [-0.39, 0.29) is 35.8 Å². The second kappa shape index (κ2) is 14.7. The lowest BCUT2D eigenvalue weighted by molar-refractivity contribution is -0.142. The lowest BCUT2D eigenvalue weighted by Gasteiger charge is -2.30. The quantitative estimate of drug-likeness (QED) is 0.293. The van der Waals surface area contributed by atoms with E-state index in [4.69, 9.17) is 14.2 Å². The van der Waals surface area contributed by atoms with Crippen LogP contribution >= 0.6 is 11.3 Å². The number of hydrogen-bond acceptors (Lipinski definition) is 6. The third-order valence-electron chi connectivity index (χ3n) is 7.01. The molecular formula is C31H46N2O5S. The van der Waals surface area contributed by atoms with Crippen LogP contribution in [0, 0.1) is 11.3 Å². The maximum absolute atomic E-state index is 13.8. The Morgan fingerprint density at radius 1 is 1.10 bits per heavy atom. The van der Waals surface area contributed by atoms with Crippen molar-refractivity contribution in [1.29, 1.82) is 0 Å². The highest BCUT2D eigenvalue weighted by atomic mass is 32.1. The first-order valence-corrected chi connectivity index (χ1v) is 14.9. The number of nitrogens with zero attached hydrogens (tertiary/aromatic N) is 2. The van der Waals surface area contributed by atoms with Crippen molar-refractivity contribution in [2.45, 2.75) is 72.4 Å². The zero-order valence-electron chi connectivity index (χ0n) is 24.5. The molecule has 0 bridgehead atoms. The summed E-state index contributed by atoms with van der Waals surface area (Å²) in [4.78, 5) is 32.0. The van der Waals surface area contributed by atoms with Gasteiger partial charge in [-0.25, -0.2) is 0 Å². The maximum Gasteiger partial charge on any atom is 0.242 e. The summed E-state index contributed by atoms with van der Waals surface area (Å²) in [6, 6.07) is 9.89. The molecule has 39 heavy (non-hydrogen) atoms. The fourth-order valence-corrected chi connectivity index (χ4v) is 6.00. The predicted octanol–water partition coefficient (Wildman–Crippen LogP) is 5.81. The van der Waals surface area contributed by atoms with E-state index in [9.17, 15) is 9.59 Å². The van der Waals surface area contributed by atoms with Crippen molar-refractivity contribution in [3.8, 4) is 11.5 Å². The van der Waals surface area contributed by atoms with Gasteiger partial charge in [0.15, 0.2) is 11.5 Å². The Kier molecular flexibility index (Phi) is 11.7. The van der Waals surface area contributed by atoms with Crippen LogP contribution in [0.5, 0.6) is 11.5 Å². The van der Waals surface area contributed by atoms with Crippen molar-refractivity contribution in [1.82, 2.24) is 9.80 Å². The minimum atomic E-state index is -0.0429. The molecule has 1 saturated heterocycles. The molecule has 2 heterocycles. The minimum Gasteiger partial charge on any atom is -0.493 e. The summed E-state index contributed by atoms with van der Waals surface area (Å²) in [5.41, 5.74) is 1.20. The highest BCUT2D eigenvalue weighted by Crippen LogP contribution is 2.28. The van der Waals surface area contributed by atoms with Gasteiger partial charge in [0, 0.05) is 31.0 Å². The second-order valence-electron chi connectivity index (χ2n) is 11.8. The summed E-state index contributed by atoms with van der Waals surface area (Å²) in [5, 5.41) is 2.02. The Labute approximate surface area is 238 Å². The van der Waals surface area contributed by atoms with Crippen LogP contribution in [0.15, 0.2) is 35.7 Å². The molecule has 3 rings (SSSR count). The van der Waals surface area contributed by atoms with Crippen LogP contribution in [0.25, 0.3) is 0 Å². The predicted molar refractivity (Wildman–Crippen MR) is 156 cm³/mol. The summed E-state index contributed by atoms with van der Waals surface area (Å²) >= 11 is 1.64. The molecule has 2 unspecified atom stereocenters. The second-order valence-corrected chi connectivity index (χ2v) is 12.8.